The zero-order valence-electron chi connectivity index (χ0n) is 10.4. The number of anilines is 2. The summed E-state index contributed by atoms with van der Waals surface area (Å²) in [5, 5.41) is 16.8. The summed E-state index contributed by atoms with van der Waals surface area (Å²) in [6, 6.07) is 4.48. The molecule has 2 aromatic rings. The van der Waals surface area contributed by atoms with Gasteiger partial charge in [-0.25, -0.2) is 4.98 Å². The summed E-state index contributed by atoms with van der Waals surface area (Å²) in [7, 11) is 0. The van der Waals surface area contributed by atoms with Crippen LogP contribution in [0.15, 0.2) is 29.8 Å². The van der Waals surface area contributed by atoms with E-state index >= 15 is 0 Å². The van der Waals surface area contributed by atoms with Crippen molar-refractivity contribution in [1.82, 2.24) is 4.98 Å². The van der Waals surface area contributed by atoms with Gasteiger partial charge in [0.2, 0.25) is 0 Å². The highest BCUT2D eigenvalue weighted by atomic mass is 32.1. The van der Waals surface area contributed by atoms with Crippen LogP contribution in [0.5, 0.6) is 0 Å². The lowest BCUT2D eigenvalue weighted by atomic mass is 10.2. The predicted octanol–water partition coefficient (Wildman–Crippen LogP) is 3.20. The topological polar surface area (TPSA) is 94.1 Å². The first-order valence-electron chi connectivity index (χ1n) is 5.81. The molecule has 0 saturated heterocycles. The molecule has 19 heavy (non-hydrogen) atoms. The van der Waals surface area contributed by atoms with Crippen LogP contribution in [0.25, 0.3) is 0 Å². The number of nitro benzene ring substituents is 1. The Labute approximate surface area is 114 Å². The molecule has 7 heteroatoms. The number of nitrogens with two attached hydrogens (primary N) is 1. The maximum atomic E-state index is 10.7. The normalized spacial score (nSPS) is 12.1. The van der Waals surface area contributed by atoms with Gasteiger partial charge in [-0.1, -0.05) is 6.92 Å². The third-order valence-electron chi connectivity index (χ3n) is 2.73. The molecule has 2 rings (SSSR count). The van der Waals surface area contributed by atoms with E-state index < -0.39 is 4.92 Å². The second-order valence-corrected chi connectivity index (χ2v) is 4.93. The molecule has 1 atom stereocenters. The van der Waals surface area contributed by atoms with Crippen LogP contribution in [0.4, 0.5) is 17.1 Å². The lowest BCUT2D eigenvalue weighted by molar-refractivity contribution is -0.384. The van der Waals surface area contributed by atoms with Gasteiger partial charge in [0.15, 0.2) is 0 Å². The Kier molecular flexibility index (Phi) is 3.96. The van der Waals surface area contributed by atoms with Crippen LogP contribution in [0.1, 0.15) is 24.4 Å². The Balaban J connectivity index is 2.21. The molecule has 100 valence electrons. The molecular weight excluding hydrogens is 264 g/mol. The van der Waals surface area contributed by atoms with Crippen molar-refractivity contribution < 1.29 is 4.92 Å². The van der Waals surface area contributed by atoms with Crippen LogP contribution in [-0.4, -0.2) is 9.91 Å². The van der Waals surface area contributed by atoms with Crippen molar-refractivity contribution in [3.05, 3.63) is 44.9 Å². The fourth-order valence-electron chi connectivity index (χ4n) is 1.73. The number of non-ortho nitro benzene ring substituents is 1. The third-order valence-corrected chi connectivity index (χ3v) is 3.62. The SMILES string of the molecule is CCC(Nc1ccc([N+](=O)[O-])cc1N)c1nccs1. The van der Waals surface area contributed by atoms with Gasteiger partial charge < -0.3 is 11.1 Å². The van der Waals surface area contributed by atoms with E-state index in [0.717, 1.165) is 11.4 Å². The smallest absolute Gasteiger partial charge is 0.271 e. The second-order valence-electron chi connectivity index (χ2n) is 4.00. The molecule has 0 saturated carbocycles. The average molecular weight is 278 g/mol. The minimum atomic E-state index is -0.460. The Morgan fingerprint density at radius 1 is 1.58 bits per heavy atom. The number of aromatic nitrogens is 1. The number of nitrogens with one attached hydrogen (secondary N) is 1. The van der Waals surface area contributed by atoms with Gasteiger partial charge in [-0.3, -0.25) is 10.1 Å². The van der Waals surface area contributed by atoms with Gasteiger partial charge in [0.05, 0.1) is 22.3 Å². The van der Waals surface area contributed by atoms with Crippen molar-refractivity contribution in [2.75, 3.05) is 11.1 Å². The van der Waals surface area contributed by atoms with Gasteiger partial charge in [-0.15, -0.1) is 11.3 Å². The van der Waals surface area contributed by atoms with E-state index in [-0.39, 0.29) is 11.7 Å². The molecule has 0 amide bonds. The third kappa shape index (κ3) is 3.00. The average Bonchev–Trinajstić information content (AvgIpc) is 2.91. The molecule has 1 aromatic carbocycles. The first-order valence-corrected chi connectivity index (χ1v) is 6.69. The van der Waals surface area contributed by atoms with E-state index in [9.17, 15) is 10.1 Å². The van der Waals surface area contributed by atoms with Crippen molar-refractivity contribution in [2.24, 2.45) is 0 Å². The Hall–Kier alpha value is -2.15. The predicted molar refractivity (Wildman–Crippen MR) is 76.3 cm³/mol. The molecule has 0 aliphatic heterocycles. The molecule has 6 nitrogen and oxygen atoms in total. The van der Waals surface area contributed by atoms with Crippen molar-refractivity contribution in [3.63, 3.8) is 0 Å². The summed E-state index contributed by atoms with van der Waals surface area (Å²) in [5.41, 5.74) is 6.88. The monoisotopic (exact) mass is 278 g/mol. The molecule has 1 aromatic heterocycles. The van der Waals surface area contributed by atoms with Crippen LogP contribution in [0.2, 0.25) is 0 Å². The van der Waals surface area contributed by atoms with E-state index in [0.29, 0.717) is 11.4 Å². The van der Waals surface area contributed by atoms with Crippen LogP contribution in [-0.2, 0) is 0 Å². The highest BCUT2D eigenvalue weighted by Gasteiger charge is 2.14. The highest BCUT2D eigenvalue weighted by Crippen LogP contribution is 2.29. The van der Waals surface area contributed by atoms with Crippen LogP contribution in [0.3, 0.4) is 0 Å². The van der Waals surface area contributed by atoms with Crippen molar-refractivity contribution in [1.29, 1.82) is 0 Å². The lowest BCUT2D eigenvalue weighted by Gasteiger charge is -2.17. The molecule has 1 unspecified atom stereocenters. The van der Waals surface area contributed by atoms with Crippen LogP contribution < -0.4 is 11.1 Å². The van der Waals surface area contributed by atoms with Crippen molar-refractivity contribution in [3.8, 4) is 0 Å². The number of rotatable bonds is 5. The van der Waals surface area contributed by atoms with Gasteiger partial charge in [-0.05, 0) is 12.5 Å². The maximum absolute atomic E-state index is 10.7. The summed E-state index contributed by atoms with van der Waals surface area (Å²) in [6.07, 6.45) is 2.60. The van der Waals surface area contributed by atoms with Crippen molar-refractivity contribution in [2.45, 2.75) is 19.4 Å². The van der Waals surface area contributed by atoms with Crippen LogP contribution >= 0.6 is 11.3 Å². The maximum Gasteiger partial charge on any atom is 0.271 e. The number of hydrogen-bond donors (Lipinski definition) is 2. The quantitative estimate of drug-likeness (QED) is 0.497. The molecule has 0 bridgehead atoms. The van der Waals surface area contributed by atoms with Gasteiger partial charge in [0, 0.05) is 23.7 Å². The molecule has 3 N–H and O–H groups in total. The largest absolute Gasteiger partial charge is 0.397 e. The van der Waals surface area contributed by atoms with Crippen LogP contribution in [0, 0.1) is 10.1 Å². The molecule has 0 aliphatic carbocycles. The molecule has 1 heterocycles. The highest BCUT2D eigenvalue weighted by molar-refractivity contribution is 7.09. The molecule has 0 aliphatic rings. The minimum absolute atomic E-state index is 0.00894. The molecule has 0 spiro atoms. The van der Waals surface area contributed by atoms with E-state index in [2.05, 4.69) is 10.3 Å². The van der Waals surface area contributed by atoms with Gasteiger partial charge in [0.25, 0.3) is 5.69 Å². The van der Waals surface area contributed by atoms with E-state index in [1.807, 2.05) is 12.3 Å². The number of nitrogen functional groups attached to an aromatic ring is 1. The zero-order chi connectivity index (χ0) is 13.8. The van der Waals surface area contributed by atoms with Crippen molar-refractivity contribution >= 4 is 28.4 Å². The summed E-state index contributed by atoms with van der Waals surface area (Å²) in [4.78, 5) is 14.5. The fraction of sp³-hybridized carbons (Fsp3) is 0.250. The van der Waals surface area contributed by atoms with Gasteiger partial charge >= 0.3 is 0 Å². The second kappa shape index (κ2) is 5.66. The zero-order valence-corrected chi connectivity index (χ0v) is 11.2. The summed E-state index contributed by atoms with van der Waals surface area (Å²) in [6.45, 7) is 2.04. The first kappa shape index (κ1) is 13.3. The fourth-order valence-corrected chi connectivity index (χ4v) is 2.50. The van der Waals surface area contributed by atoms with Gasteiger partial charge in [-0.2, -0.15) is 0 Å². The first-order chi connectivity index (χ1) is 9.11. The van der Waals surface area contributed by atoms with E-state index in [4.69, 9.17) is 5.73 Å². The Morgan fingerprint density at radius 3 is 2.89 bits per heavy atom. The summed E-state index contributed by atoms with van der Waals surface area (Å²) < 4.78 is 0. The molecule has 0 radical (unpaired) electrons. The number of thiazole rings is 1. The molecule has 0 fully saturated rings. The lowest BCUT2D eigenvalue weighted by Crippen LogP contribution is -2.10. The number of nitrogens with zero attached hydrogens (tertiary/aromatic N) is 2. The number of benzene rings is 1. The minimum Gasteiger partial charge on any atom is -0.397 e. The molecular formula is C12H14N4O2S. The number of nitro groups is 1. The van der Waals surface area contributed by atoms with E-state index in [1.165, 1.54) is 12.1 Å². The number of hydrogen-bond acceptors (Lipinski definition) is 6. The summed E-state index contributed by atoms with van der Waals surface area (Å²) >= 11 is 1.57. The van der Waals surface area contributed by atoms with E-state index in [1.54, 1.807) is 23.6 Å². The Bertz CT molecular complexity index is 571. The summed E-state index contributed by atoms with van der Waals surface area (Å²) in [5.74, 6) is 0. The Morgan fingerprint density at radius 2 is 2.37 bits per heavy atom. The standard InChI is InChI=1S/C12H14N4O2S/c1-2-10(12-14-5-6-19-12)15-11-4-3-8(16(17)18)7-9(11)13/h3-7,10,15H,2,13H2,1H3. The van der Waals surface area contributed by atoms with Gasteiger partial charge in [0.1, 0.15) is 5.01 Å².